The number of nitrogens with zero attached hydrogens (tertiary/aromatic N) is 2. The first kappa shape index (κ1) is 14.5. The molecular formula is C17H26N2O3. The highest BCUT2D eigenvalue weighted by atomic mass is 16.5. The van der Waals surface area contributed by atoms with Crippen LogP contribution in [0.2, 0.25) is 0 Å². The molecule has 0 N–H and O–H groups in total. The van der Waals surface area contributed by atoms with Crippen LogP contribution in [0.25, 0.3) is 0 Å². The number of amides is 2. The van der Waals surface area contributed by atoms with Crippen LogP contribution in [0, 0.1) is 17.8 Å². The second kappa shape index (κ2) is 5.22. The molecular weight excluding hydrogens is 280 g/mol. The van der Waals surface area contributed by atoms with Crippen molar-refractivity contribution in [1.29, 1.82) is 0 Å². The minimum Gasteiger partial charge on any atom is -0.371 e. The maximum Gasteiger partial charge on any atom is 0.226 e. The van der Waals surface area contributed by atoms with Gasteiger partial charge in [0.15, 0.2) is 0 Å². The summed E-state index contributed by atoms with van der Waals surface area (Å²) in [5.41, 5.74) is -0.0701. The maximum absolute atomic E-state index is 12.2. The standard InChI is InChI=1S/C17H26N2O3/c1-12-7-14(12)16(21)19-10-17(11-19)5-4-13(9-22-17)8-18-6-2-3-15(18)20/h12-14H,2-11H2,1H3/t12-,13-,14+/m1/s1. The molecule has 0 bridgehead atoms. The molecule has 22 heavy (non-hydrogen) atoms. The molecule has 4 fully saturated rings. The van der Waals surface area contributed by atoms with E-state index in [1.54, 1.807) is 0 Å². The van der Waals surface area contributed by atoms with Gasteiger partial charge in [0.25, 0.3) is 0 Å². The molecule has 5 heteroatoms. The number of hydrogen-bond donors (Lipinski definition) is 0. The van der Waals surface area contributed by atoms with Gasteiger partial charge in [-0.1, -0.05) is 6.92 Å². The normalized spacial score (nSPS) is 36.6. The summed E-state index contributed by atoms with van der Waals surface area (Å²) in [6.07, 6.45) is 4.94. The van der Waals surface area contributed by atoms with Gasteiger partial charge in [0.05, 0.1) is 19.7 Å². The van der Waals surface area contributed by atoms with Crippen LogP contribution in [-0.2, 0) is 14.3 Å². The minimum absolute atomic E-state index is 0.0701. The molecule has 4 aliphatic rings. The van der Waals surface area contributed by atoms with Crippen molar-refractivity contribution < 1.29 is 14.3 Å². The lowest BCUT2D eigenvalue weighted by molar-refractivity contribution is -0.190. The molecule has 2 amide bonds. The molecule has 5 nitrogen and oxygen atoms in total. The van der Waals surface area contributed by atoms with E-state index in [2.05, 4.69) is 6.92 Å². The van der Waals surface area contributed by atoms with Crippen LogP contribution in [0.15, 0.2) is 0 Å². The molecule has 3 saturated heterocycles. The zero-order valence-corrected chi connectivity index (χ0v) is 13.4. The summed E-state index contributed by atoms with van der Waals surface area (Å²) in [6.45, 7) is 6.24. The first-order chi connectivity index (χ1) is 10.6. The second-order valence-corrected chi connectivity index (χ2v) is 7.86. The Morgan fingerprint density at radius 2 is 2.18 bits per heavy atom. The van der Waals surface area contributed by atoms with Crippen LogP contribution in [0.4, 0.5) is 0 Å². The third kappa shape index (κ3) is 2.53. The summed E-state index contributed by atoms with van der Waals surface area (Å²) in [7, 11) is 0. The van der Waals surface area contributed by atoms with Crippen LogP contribution in [0.5, 0.6) is 0 Å². The van der Waals surface area contributed by atoms with E-state index in [0.29, 0.717) is 30.1 Å². The van der Waals surface area contributed by atoms with Crippen LogP contribution in [0.3, 0.4) is 0 Å². The number of hydrogen-bond acceptors (Lipinski definition) is 3. The molecule has 0 radical (unpaired) electrons. The van der Waals surface area contributed by atoms with Gasteiger partial charge in [-0.15, -0.1) is 0 Å². The van der Waals surface area contributed by atoms with E-state index in [-0.39, 0.29) is 11.5 Å². The van der Waals surface area contributed by atoms with Gasteiger partial charge in [0.2, 0.25) is 11.8 Å². The number of rotatable bonds is 3. The summed E-state index contributed by atoms with van der Waals surface area (Å²) in [6, 6.07) is 0. The quantitative estimate of drug-likeness (QED) is 0.789. The van der Waals surface area contributed by atoms with Crippen molar-refractivity contribution in [3.63, 3.8) is 0 Å². The van der Waals surface area contributed by atoms with Crippen LogP contribution in [0.1, 0.15) is 39.0 Å². The lowest BCUT2D eigenvalue weighted by Crippen LogP contribution is -2.66. The van der Waals surface area contributed by atoms with Gasteiger partial charge in [0.1, 0.15) is 5.60 Å². The maximum atomic E-state index is 12.2. The fourth-order valence-corrected chi connectivity index (χ4v) is 4.23. The fourth-order valence-electron chi connectivity index (χ4n) is 4.23. The van der Waals surface area contributed by atoms with E-state index in [1.165, 1.54) is 0 Å². The van der Waals surface area contributed by atoms with Crippen molar-refractivity contribution >= 4 is 11.8 Å². The van der Waals surface area contributed by atoms with E-state index < -0.39 is 0 Å². The average molecular weight is 306 g/mol. The Kier molecular flexibility index (Phi) is 3.44. The molecule has 3 atom stereocenters. The number of carbonyl (C=O) groups excluding carboxylic acids is 2. The smallest absolute Gasteiger partial charge is 0.226 e. The van der Waals surface area contributed by atoms with E-state index >= 15 is 0 Å². The van der Waals surface area contributed by atoms with E-state index in [1.807, 2.05) is 9.80 Å². The number of carbonyl (C=O) groups is 2. The number of likely N-dealkylation sites (tertiary alicyclic amines) is 2. The first-order valence-corrected chi connectivity index (χ1v) is 8.77. The largest absolute Gasteiger partial charge is 0.371 e. The summed E-state index contributed by atoms with van der Waals surface area (Å²) in [5, 5.41) is 0. The highest BCUT2D eigenvalue weighted by Crippen LogP contribution is 2.43. The van der Waals surface area contributed by atoms with E-state index in [4.69, 9.17) is 4.74 Å². The predicted molar refractivity (Wildman–Crippen MR) is 81.1 cm³/mol. The Balaban J connectivity index is 1.23. The monoisotopic (exact) mass is 306 g/mol. The van der Waals surface area contributed by atoms with E-state index in [0.717, 1.165) is 58.5 Å². The molecule has 1 spiro atoms. The summed E-state index contributed by atoms with van der Waals surface area (Å²) in [5.74, 6) is 1.99. The topological polar surface area (TPSA) is 49.9 Å². The zero-order chi connectivity index (χ0) is 15.3. The van der Waals surface area contributed by atoms with Gasteiger partial charge in [-0.25, -0.2) is 0 Å². The van der Waals surface area contributed by atoms with Gasteiger partial charge >= 0.3 is 0 Å². The Morgan fingerprint density at radius 3 is 2.73 bits per heavy atom. The molecule has 122 valence electrons. The highest BCUT2D eigenvalue weighted by Gasteiger charge is 2.52. The van der Waals surface area contributed by atoms with Crippen molar-refractivity contribution in [1.82, 2.24) is 9.80 Å². The summed E-state index contributed by atoms with van der Waals surface area (Å²) in [4.78, 5) is 27.9. The molecule has 0 aromatic heterocycles. The molecule has 3 aliphatic heterocycles. The zero-order valence-electron chi connectivity index (χ0n) is 13.4. The number of ether oxygens (including phenoxy) is 1. The van der Waals surface area contributed by atoms with E-state index in [9.17, 15) is 9.59 Å². The average Bonchev–Trinajstić information content (AvgIpc) is 3.08. The van der Waals surface area contributed by atoms with Gasteiger partial charge in [-0.3, -0.25) is 9.59 Å². The predicted octanol–water partition coefficient (Wildman–Crippen LogP) is 1.27. The lowest BCUT2D eigenvalue weighted by atomic mass is 9.82. The van der Waals surface area contributed by atoms with Gasteiger partial charge in [-0.2, -0.15) is 0 Å². The minimum atomic E-state index is -0.0701. The highest BCUT2D eigenvalue weighted by molar-refractivity contribution is 5.82. The summed E-state index contributed by atoms with van der Waals surface area (Å²) >= 11 is 0. The summed E-state index contributed by atoms with van der Waals surface area (Å²) < 4.78 is 6.14. The SMILES string of the molecule is C[C@@H]1C[C@@H]1C(=O)N1CC2(CC[C@H](CN3CCCC3=O)CO2)C1. The molecule has 4 rings (SSSR count). The van der Waals surface area contributed by atoms with Crippen molar-refractivity contribution in [2.45, 2.75) is 44.6 Å². The Labute approximate surface area is 132 Å². The molecule has 3 heterocycles. The van der Waals surface area contributed by atoms with Crippen molar-refractivity contribution in [3.05, 3.63) is 0 Å². The van der Waals surface area contributed by atoms with Crippen LogP contribution >= 0.6 is 0 Å². The fraction of sp³-hybridized carbons (Fsp3) is 0.882. The second-order valence-electron chi connectivity index (χ2n) is 7.86. The molecule has 0 unspecified atom stereocenters. The lowest BCUT2D eigenvalue weighted by Gasteiger charge is -2.53. The Hall–Kier alpha value is -1.10. The third-order valence-corrected chi connectivity index (χ3v) is 5.98. The molecule has 0 aromatic rings. The van der Waals surface area contributed by atoms with Crippen molar-refractivity contribution in [2.24, 2.45) is 17.8 Å². The first-order valence-electron chi connectivity index (χ1n) is 8.77. The van der Waals surface area contributed by atoms with Crippen LogP contribution in [-0.4, -0.2) is 60.0 Å². The van der Waals surface area contributed by atoms with Crippen LogP contribution < -0.4 is 0 Å². The van der Waals surface area contributed by atoms with Crippen molar-refractivity contribution in [2.75, 3.05) is 32.8 Å². The Bertz CT molecular complexity index is 476. The van der Waals surface area contributed by atoms with Gasteiger partial charge in [-0.05, 0) is 31.6 Å². The molecule has 1 saturated carbocycles. The van der Waals surface area contributed by atoms with Gasteiger partial charge in [0, 0.05) is 31.3 Å². The third-order valence-electron chi connectivity index (χ3n) is 5.98. The van der Waals surface area contributed by atoms with Crippen molar-refractivity contribution in [3.8, 4) is 0 Å². The Morgan fingerprint density at radius 1 is 1.41 bits per heavy atom. The molecule has 0 aromatic carbocycles. The van der Waals surface area contributed by atoms with Gasteiger partial charge < -0.3 is 14.5 Å². The molecule has 1 aliphatic carbocycles.